The topological polar surface area (TPSA) is 15.3 Å². The number of terminal acetylenes is 1. The molecule has 0 aromatic heterocycles. The molecule has 0 aromatic rings. The molecule has 2 saturated heterocycles. The third-order valence-electron chi connectivity index (χ3n) is 3.97. The van der Waals surface area contributed by atoms with Crippen LogP contribution in [0.3, 0.4) is 0 Å². The van der Waals surface area contributed by atoms with Gasteiger partial charge in [-0.1, -0.05) is 5.92 Å². The first-order valence-electron chi connectivity index (χ1n) is 6.29. The second-order valence-corrected chi connectivity index (χ2v) is 5.94. The van der Waals surface area contributed by atoms with Crippen molar-refractivity contribution in [2.75, 3.05) is 25.1 Å². The molecule has 0 saturated carbocycles. The van der Waals surface area contributed by atoms with E-state index in [-0.39, 0.29) is 0 Å². The molecule has 3 heteroatoms. The molecule has 0 spiro atoms. The van der Waals surface area contributed by atoms with Gasteiger partial charge < -0.3 is 5.32 Å². The molecule has 0 aliphatic carbocycles. The van der Waals surface area contributed by atoms with Crippen molar-refractivity contribution in [3.63, 3.8) is 0 Å². The summed E-state index contributed by atoms with van der Waals surface area (Å²) >= 11 is 1.89. The highest BCUT2D eigenvalue weighted by atomic mass is 32.2. The van der Waals surface area contributed by atoms with Crippen molar-refractivity contribution < 1.29 is 0 Å². The predicted molar refractivity (Wildman–Crippen MR) is 71.8 cm³/mol. The Morgan fingerprint density at radius 2 is 2.06 bits per heavy atom. The van der Waals surface area contributed by atoms with Crippen LogP contribution < -0.4 is 5.32 Å². The quantitative estimate of drug-likeness (QED) is 0.578. The smallest absolute Gasteiger partial charge is 0.0545 e. The Balaban J connectivity index is 1.77. The third kappa shape index (κ3) is 2.74. The molecule has 2 heterocycles. The first-order chi connectivity index (χ1) is 7.85. The van der Waals surface area contributed by atoms with Crippen LogP contribution in [-0.2, 0) is 0 Å². The number of hydrogen-bond donors (Lipinski definition) is 1. The SMILES string of the molecule is C#CCSCCN1C2CCC1CC(NC)C2. The lowest BCUT2D eigenvalue weighted by Crippen LogP contribution is -2.48. The van der Waals surface area contributed by atoms with E-state index in [9.17, 15) is 0 Å². The lowest BCUT2D eigenvalue weighted by molar-refractivity contribution is 0.128. The molecule has 0 radical (unpaired) electrons. The van der Waals surface area contributed by atoms with Gasteiger partial charge in [0.05, 0.1) is 5.75 Å². The average molecular weight is 238 g/mol. The van der Waals surface area contributed by atoms with Crippen LogP contribution in [0.5, 0.6) is 0 Å². The Hall–Kier alpha value is -0.170. The molecule has 2 atom stereocenters. The van der Waals surface area contributed by atoms with E-state index in [1.807, 2.05) is 11.8 Å². The summed E-state index contributed by atoms with van der Waals surface area (Å²) < 4.78 is 0. The highest BCUT2D eigenvalue weighted by Crippen LogP contribution is 2.35. The Morgan fingerprint density at radius 1 is 1.38 bits per heavy atom. The minimum Gasteiger partial charge on any atom is -0.317 e. The van der Waals surface area contributed by atoms with Gasteiger partial charge in [-0.3, -0.25) is 4.90 Å². The Kier molecular flexibility index (Phi) is 4.57. The third-order valence-corrected chi connectivity index (χ3v) is 4.81. The first-order valence-corrected chi connectivity index (χ1v) is 7.45. The summed E-state index contributed by atoms with van der Waals surface area (Å²) in [7, 11) is 2.10. The maximum Gasteiger partial charge on any atom is 0.0545 e. The van der Waals surface area contributed by atoms with Crippen LogP contribution in [0.1, 0.15) is 25.7 Å². The zero-order valence-corrected chi connectivity index (χ0v) is 10.9. The highest BCUT2D eigenvalue weighted by Gasteiger charge is 2.39. The number of piperidine rings is 1. The van der Waals surface area contributed by atoms with Gasteiger partial charge in [-0.2, -0.15) is 0 Å². The van der Waals surface area contributed by atoms with Crippen LogP contribution in [-0.4, -0.2) is 48.1 Å². The van der Waals surface area contributed by atoms with E-state index >= 15 is 0 Å². The second kappa shape index (κ2) is 5.95. The maximum atomic E-state index is 5.26. The van der Waals surface area contributed by atoms with Crippen molar-refractivity contribution in [2.45, 2.75) is 43.8 Å². The van der Waals surface area contributed by atoms with Crippen LogP contribution in [0.4, 0.5) is 0 Å². The Morgan fingerprint density at radius 3 is 2.62 bits per heavy atom. The second-order valence-electron chi connectivity index (χ2n) is 4.84. The minimum absolute atomic E-state index is 0.757. The summed E-state index contributed by atoms with van der Waals surface area (Å²) in [5.41, 5.74) is 0. The van der Waals surface area contributed by atoms with Crippen LogP contribution >= 0.6 is 11.8 Å². The molecule has 0 aromatic carbocycles. The van der Waals surface area contributed by atoms with Crippen LogP contribution in [0.2, 0.25) is 0 Å². The fourth-order valence-corrected chi connectivity index (χ4v) is 3.78. The molecule has 2 bridgehead atoms. The van der Waals surface area contributed by atoms with Crippen LogP contribution in [0.15, 0.2) is 0 Å². The molecule has 1 N–H and O–H groups in total. The molecule has 2 aliphatic rings. The monoisotopic (exact) mass is 238 g/mol. The lowest BCUT2D eigenvalue weighted by atomic mass is 9.98. The van der Waals surface area contributed by atoms with Gasteiger partial charge in [-0.05, 0) is 32.7 Å². The molecule has 2 unspecified atom stereocenters. The molecule has 2 nitrogen and oxygen atoms in total. The maximum absolute atomic E-state index is 5.26. The standard InChI is InChI=1S/C13H22N2S/c1-3-7-16-8-6-15-12-4-5-13(15)10-11(9-12)14-2/h1,11-14H,4-10H2,2H3. The average Bonchev–Trinajstić information content (AvgIpc) is 2.55. The van der Waals surface area contributed by atoms with E-state index < -0.39 is 0 Å². The van der Waals surface area contributed by atoms with Crippen molar-refractivity contribution in [1.82, 2.24) is 10.2 Å². The zero-order chi connectivity index (χ0) is 11.4. The predicted octanol–water partition coefficient (Wildman–Crippen LogP) is 1.57. The van der Waals surface area contributed by atoms with E-state index in [2.05, 4.69) is 23.2 Å². The summed E-state index contributed by atoms with van der Waals surface area (Å²) in [5.74, 6) is 4.75. The van der Waals surface area contributed by atoms with Gasteiger partial charge in [0.1, 0.15) is 0 Å². The summed E-state index contributed by atoms with van der Waals surface area (Å²) in [6, 6.07) is 2.43. The molecule has 2 fully saturated rings. The summed E-state index contributed by atoms with van der Waals surface area (Å²) in [6.07, 6.45) is 10.7. The van der Waals surface area contributed by atoms with Crippen molar-refractivity contribution in [2.24, 2.45) is 0 Å². The summed E-state index contributed by atoms with van der Waals surface area (Å²) in [5, 5.41) is 3.44. The number of fused-ring (bicyclic) bond motifs is 2. The number of nitrogens with zero attached hydrogens (tertiary/aromatic N) is 1. The number of hydrogen-bond acceptors (Lipinski definition) is 3. The number of rotatable bonds is 5. The molecular formula is C13H22N2S. The van der Waals surface area contributed by atoms with Gasteiger partial charge in [-0.25, -0.2) is 0 Å². The van der Waals surface area contributed by atoms with Gasteiger partial charge >= 0.3 is 0 Å². The van der Waals surface area contributed by atoms with Crippen LogP contribution in [0.25, 0.3) is 0 Å². The van der Waals surface area contributed by atoms with E-state index in [0.717, 1.165) is 23.9 Å². The largest absolute Gasteiger partial charge is 0.317 e. The van der Waals surface area contributed by atoms with E-state index in [1.54, 1.807) is 0 Å². The minimum atomic E-state index is 0.757. The fourth-order valence-electron chi connectivity index (χ4n) is 3.18. The van der Waals surface area contributed by atoms with Crippen molar-refractivity contribution in [1.29, 1.82) is 0 Å². The fraction of sp³-hybridized carbons (Fsp3) is 0.846. The van der Waals surface area contributed by atoms with Gasteiger partial charge in [0.15, 0.2) is 0 Å². The van der Waals surface area contributed by atoms with E-state index in [0.29, 0.717) is 0 Å². The lowest BCUT2D eigenvalue weighted by Gasteiger charge is -2.38. The Labute approximate surface area is 104 Å². The summed E-state index contributed by atoms with van der Waals surface area (Å²) in [6.45, 7) is 1.23. The van der Waals surface area contributed by atoms with E-state index in [4.69, 9.17) is 6.42 Å². The number of thioether (sulfide) groups is 1. The zero-order valence-electron chi connectivity index (χ0n) is 10.1. The van der Waals surface area contributed by atoms with Crippen molar-refractivity contribution >= 4 is 11.8 Å². The number of nitrogens with one attached hydrogen (secondary N) is 1. The molecular weight excluding hydrogens is 216 g/mol. The summed E-state index contributed by atoms with van der Waals surface area (Å²) in [4.78, 5) is 2.73. The highest BCUT2D eigenvalue weighted by molar-refractivity contribution is 7.99. The normalized spacial score (nSPS) is 33.9. The van der Waals surface area contributed by atoms with Gasteiger partial charge in [0.25, 0.3) is 0 Å². The van der Waals surface area contributed by atoms with Crippen molar-refractivity contribution in [3.8, 4) is 12.3 Å². The molecule has 90 valence electrons. The van der Waals surface area contributed by atoms with Gasteiger partial charge in [0, 0.05) is 30.4 Å². The molecule has 2 rings (SSSR count). The molecule has 2 aliphatic heterocycles. The van der Waals surface area contributed by atoms with Crippen molar-refractivity contribution in [3.05, 3.63) is 0 Å². The van der Waals surface area contributed by atoms with Gasteiger partial charge in [0.2, 0.25) is 0 Å². The van der Waals surface area contributed by atoms with E-state index in [1.165, 1.54) is 38.0 Å². The van der Waals surface area contributed by atoms with Crippen LogP contribution in [0, 0.1) is 12.3 Å². The molecule has 0 amide bonds. The Bertz CT molecular complexity index is 247. The first kappa shape index (κ1) is 12.3. The molecule has 16 heavy (non-hydrogen) atoms. The van der Waals surface area contributed by atoms with Gasteiger partial charge in [-0.15, -0.1) is 18.2 Å².